The Labute approximate surface area is 201 Å². The van der Waals surface area contributed by atoms with E-state index in [1.165, 1.54) is 12.4 Å². The molecule has 0 spiro atoms. The first kappa shape index (κ1) is 20.4. The summed E-state index contributed by atoms with van der Waals surface area (Å²) in [7, 11) is 0. The van der Waals surface area contributed by atoms with Gasteiger partial charge in [0.15, 0.2) is 5.82 Å². The zero-order valence-corrected chi connectivity index (χ0v) is 18.6. The lowest BCUT2D eigenvalue weighted by molar-refractivity contribution is 1.14. The van der Waals surface area contributed by atoms with Crippen LogP contribution < -0.4 is 0 Å². The Morgan fingerprint density at radius 3 is 2.09 bits per heavy atom. The Kier molecular flexibility index (Phi) is 4.80. The van der Waals surface area contributed by atoms with Crippen LogP contribution in [0.25, 0.3) is 50.0 Å². The van der Waals surface area contributed by atoms with E-state index < -0.39 is 0 Å². The lowest BCUT2D eigenvalue weighted by Gasteiger charge is -2.12. The molecule has 6 rings (SSSR count). The third-order valence-electron chi connectivity index (χ3n) is 6.18. The van der Waals surface area contributed by atoms with Gasteiger partial charge in [-0.3, -0.25) is 0 Å². The zero-order chi connectivity index (χ0) is 23.8. The minimum Gasteiger partial charge on any atom is -0.308 e. The standard InChI is InChI=1S/C30H17N5/c31-16-20-18-33-30(34-19-20)23-11-13-27(24(14-23)17-32)35-28-9-5-4-8-25(28)26-12-10-22(15-29(26)35)21-6-2-1-3-7-21/h1-15,18-19H. The van der Waals surface area contributed by atoms with Crippen molar-refractivity contribution < 1.29 is 0 Å². The SMILES string of the molecule is N#Cc1cnc(-c2ccc(-n3c4ccccc4c4ccc(-c5ccccc5)cc43)c(C#N)c2)nc1. The van der Waals surface area contributed by atoms with Crippen molar-refractivity contribution in [2.75, 3.05) is 0 Å². The van der Waals surface area contributed by atoms with Crippen molar-refractivity contribution in [1.29, 1.82) is 10.5 Å². The number of rotatable bonds is 3. The zero-order valence-electron chi connectivity index (χ0n) is 18.6. The molecule has 4 aromatic carbocycles. The van der Waals surface area contributed by atoms with E-state index in [1.807, 2.05) is 48.5 Å². The van der Waals surface area contributed by atoms with Gasteiger partial charge in [-0.15, -0.1) is 0 Å². The second kappa shape index (κ2) is 8.26. The highest BCUT2D eigenvalue weighted by Crippen LogP contribution is 2.36. The topological polar surface area (TPSA) is 78.3 Å². The van der Waals surface area contributed by atoms with E-state index >= 15 is 0 Å². The van der Waals surface area contributed by atoms with Gasteiger partial charge < -0.3 is 4.57 Å². The number of aromatic nitrogens is 3. The largest absolute Gasteiger partial charge is 0.308 e. The number of fused-ring (bicyclic) bond motifs is 3. The molecule has 0 radical (unpaired) electrons. The van der Waals surface area contributed by atoms with Gasteiger partial charge in [-0.05, 0) is 41.5 Å². The van der Waals surface area contributed by atoms with Gasteiger partial charge in [0.2, 0.25) is 0 Å². The van der Waals surface area contributed by atoms with Gasteiger partial charge >= 0.3 is 0 Å². The molecule has 0 unspecified atom stereocenters. The van der Waals surface area contributed by atoms with Crippen LogP contribution >= 0.6 is 0 Å². The van der Waals surface area contributed by atoms with Crippen molar-refractivity contribution in [3.05, 3.63) is 115 Å². The summed E-state index contributed by atoms with van der Waals surface area (Å²) in [6, 6.07) is 35.1. The van der Waals surface area contributed by atoms with Crippen LogP contribution in [0.5, 0.6) is 0 Å². The van der Waals surface area contributed by atoms with Crippen molar-refractivity contribution in [3.63, 3.8) is 0 Å². The van der Waals surface area contributed by atoms with Crippen LogP contribution in [0, 0.1) is 22.7 Å². The van der Waals surface area contributed by atoms with E-state index in [0.717, 1.165) is 44.2 Å². The van der Waals surface area contributed by atoms with Crippen LogP contribution in [0.1, 0.15) is 11.1 Å². The molecular weight excluding hydrogens is 430 g/mol. The number of nitrogens with zero attached hydrogens (tertiary/aromatic N) is 5. The summed E-state index contributed by atoms with van der Waals surface area (Å²) in [5.41, 5.74) is 6.75. The van der Waals surface area contributed by atoms with Crippen molar-refractivity contribution in [1.82, 2.24) is 14.5 Å². The first-order valence-electron chi connectivity index (χ1n) is 11.1. The van der Waals surface area contributed by atoms with Crippen LogP contribution in [0.4, 0.5) is 0 Å². The van der Waals surface area contributed by atoms with Crippen LogP contribution in [-0.4, -0.2) is 14.5 Å². The van der Waals surface area contributed by atoms with Crippen LogP contribution in [0.15, 0.2) is 103 Å². The fraction of sp³-hybridized carbons (Fsp3) is 0. The molecule has 0 aliphatic rings. The number of hydrogen-bond donors (Lipinski definition) is 0. The molecule has 0 aliphatic carbocycles. The Hall–Kier alpha value is -5.26. The number of para-hydroxylation sites is 1. The smallest absolute Gasteiger partial charge is 0.159 e. The molecule has 0 aliphatic heterocycles. The second-order valence-corrected chi connectivity index (χ2v) is 8.20. The van der Waals surface area contributed by atoms with Crippen LogP contribution in [-0.2, 0) is 0 Å². The lowest BCUT2D eigenvalue weighted by Crippen LogP contribution is -1.99. The minimum absolute atomic E-state index is 0.394. The Balaban J connectivity index is 1.59. The molecule has 162 valence electrons. The van der Waals surface area contributed by atoms with Crippen molar-refractivity contribution >= 4 is 21.8 Å². The van der Waals surface area contributed by atoms with E-state index in [0.29, 0.717) is 17.0 Å². The summed E-state index contributed by atoms with van der Waals surface area (Å²) in [6.45, 7) is 0. The summed E-state index contributed by atoms with van der Waals surface area (Å²) in [4.78, 5) is 8.57. The summed E-state index contributed by atoms with van der Waals surface area (Å²) < 4.78 is 2.15. The van der Waals surface area contributed by atoms with E-state index in [1.54, 1.807) is 6.07 Å². The summed E-state index contributed by atoms with van der Waals surface area (Å²) in [5, 5.41) is 21.4. The van der Waals surface area contributed by atoms with Crippen molar-refractivity contribution in [2.45, 2.75) is 0 Å². The molecule has 35 heavy (non-hydrogen) atoms. The Morgan fingerprint density at radius 1 is 0.600 bits per heavy atom. The molecule has 0 saturated heterocycles. The number of nitriles is 2. The molecule has 5 nitrogen and oxygen atoms in total. The quantitative estimate of drug-likeness (QED) is 0.304. The molecule has 6 aromatic rings. The monoisotopic (exact) mass is 447 g/mol. The normalized spacial score (nSPS) is 10.8. The van der Waals surface area contributed by atoms with E-state index in [9.17, 15) is 5.26 Å². The summed E-state index contributed by atoms with van der Waals surface area (Å²) >= 11 is 0. The van der Waals surface area contributed by atoms with Gasteiger partial charge in [-0.2, -0.15) is 10.5 Å². The molecule has 2 heterocycles. The molecule has 0 fully saturated rings. The van der Waals surface area contributed by atoms with Gasteiger partial charge in [-0.1, -0.05) is 60.7 Å². The first-order chi connectivity index (χ1) is 17.3. The van der Waals surface area contributed by atoms with Gasteiger partial charge in [0, 0.05) is 28.7 Å². The third-order valence-corrected chi connectivity index (χ3v) is 6.18. The third kappa shape index (κ3) is 3.40. The maximum absolute atomic E-state index is 10.1. The molecule has 0 bridgehead atoms. The minimum atomic E-state index is 0.394. The van der Waals surface area contributed by atoms with Gasteiger partial charge in [-0.25, -0.2) is 9.97 Å². The Morgan fingerprint density at radius 2 is 1.31 bits per heavy atom. The fourth-order valence-electron chi connectivity index (χ4n) is 4.53. The average molecular weight is 448 g/mol. The number of hydrogen-bond acceptors (Lipinski definition) is 4. The van der Waals surface area contributed by atoms with E-state index in [-0.39, 0.29) is 0 Å². The van der Waals surface area contributed by atoms with Gasteiger partial charge in [0.25, 0.3) is 0 Å². The van der Waals surface area contributed by atoms with Crippen LogP contribution in [0.2, 0.25) is 0 Å². The molecule has 0 atom stereocenters. The molecular formula is C30H17N5. The van der Waals surface area contributed by atoms with Crippen molar-refractivity contribution in [3.8, 4) is 40.3 Å². The molecule has 0 amide bonds. The molecule has 0 N–H and O–H groups in total. The number of benzene rings is 4. The highest BCUT2D eigenvalue weighted by atomic mass is 15.0. The second-order valence-electron chi connectivity index (χ2n) is 8.20. The van der Waals surface area contributed by atoms with Gasteiger partial charge in [0.1, 0.15) is 12.1 Å². The average Bonchev–Trinajstić information content (AvgIpc) is 3.26. The maximum atomic E-state index is 10.1. The van der Waals surface area contributed by atoms with E-state index in [2.05, 4.69) is 63.1 Å². The fourth-order valence-corrected chi connectivity index (χ4v) is 4.53. The summed E-state index contributed by atoms with van der Waals surface area (Å²) in [6.07, 6.45) is 2.97. The predicted octanol–water partition coefficient (Wildman–Crippen LogP) is 6.65. The van der Waals surface area contributed by atoms with Crippen LogP contribution in [0.3, 0.4) is 0 Å². The molecule has 5 heteroatoms. The maximum Gasteiger partial charge on any atom is 0.159 e. The first-order valence-corrected chi connectivity index (χ1v) is 11.1. The lowest BCUT2D eigenvalue weighted by atomic mass is 10.0. The Bertz CT molecular complexity index is 1800. The highest BCUT2D eigenvalue weighted by Gasteiger charge is 2.16. The van der Waals surface area contributed by atoms with Gasteiger partial charge in [0.05, 0.1) is 27.8 Å². The molecule has 2 aromatic heterocycles. The molecule has 0 saturated carbocycles. The predicted molar refractivity (Wildman–Crippen MR) is 137 cm³/mol. The van der Waals surface area contributed by atoms with E-state index in [4.69, 9.17) is 5.26 Å². The summed E-state index contributed by atoms with van der Waals surface area (Å²) in [5.74, 6) is 0.473. The van der Waals surface area contributed by atoms with Crippen molar-refractivity contribution in [2.24, 2.45) is 0 Å². The highest BCUT2D eigenvalue weighted by molar-refractivity contribution is 6.10.